The number of nitrogens with zero attached hydrogens (tertiary/aromatic N) is 2. The van der Waals surface area contributed by atoms with Gasteiger partial charge in [0.1, 0.15) is 12.6 Å². The summed E-state index contributed by atoms with van der Waals surface area (Å²) in [7, 11) is -4.28. The molecular formula is C23H25Cl3F3N3O4S. The van der Waals surface area contributed by atoms with Gasteiger partial charge in [0, 0.05) is 13.1 Å². The van der Waals surface area contributed by atoms with E-state index in [1.165, 1.54) is 12.1 Å². The molecule has 0 saturated carbocycles. The van der Waals surface area contributed by atoms with E-state index in [2.05, 4.69) is 5.32 Å². The lowest BCUT2D eigenvalue weighted by Gasteiger charge is -2.33. The van der Waals surface area contributed by atoms with Crippen molar-refractivity contribution in [2.45, 2.75) is 39.0 Å². The number of carbonyl (C=O) groups is 2. The third kappa shape index (κ3) is 8.13. The maximum absolute atomic E-state index is 13.5. The largest absolute Gasteiger partial charge is 0.416 e. The van der Waals surface area contributed by atoms with Crippen LogP contribution in [0.3, 0.4) is 0 Å². The van der Waals surface area contributed by atoms with Crippen molar-refractivity contribution in [3.63, 3.8) is 0 Å². The Morgan fingerprint density at radius 2 is 1.62 bits per heavy atom. The van der Waals surface area contributed by atoms with Gasteiger partial charge in [-0.15, -0.1) is 0 Å². The van der Waals surface area contributed by atoms with Gasteiger partial charge in [-0.25, -0.2) is 8.42 Å². The summed E-state index contributed by atoms with van der Waals surface area (Å²) in [6.07, 6.45) is -3.87. The minimum atomic E-state index is -4.78. The van der Waals surface area contributed by atoms with Crippen LogP contribution in [-0.2, 0) is 32.3 Å². The number of amides is 2. The molecule has 0 bridgehead atoms. The number of sulfonamides is 1. The van der Waals surface area contributed by atoms with Crippen LogP contribution in [0.4, 0.5) is 18.9 Å². The fourth-order valence-corrected chi connectivity index (χ4v) is 4.96. The first-order chi connectivity index (χ1) is 17.1. The molecule has 0 radical (unpaired) electrons. The van der Waals surface area contributed by atoms with E-state index in [9.17, 15) is 31.2 Å². The number of carbonyl (C=O) groups excluding carboxylic acids is 2. The molecule has 0 aromatic heterocycles. The highest BCUT2D eigenvalue weighted by Gasteiger charge is 2.35. The summed E-state index contributed by atoms with van der Waals surface area (Å²) >= 11 is 18.1. The van der Waals surface area contributed by atoms with Crippen LogP contribution < -0.4 is 9.62 Å². The quantitative estimate of drug-likeness (QED) is 0.396. The predicted octanol–water partition coefficient (Wildman–Crippen LogP) is 5.38. The van der Waals surface area contributed by atoms with Crippen molar-refractivity contribution < 1.29 is 31.2 Å². The van der Waals surface area contributed by atoms with Gasteiger partial charge in [0.15, 0.2) is 0 Å². The van der Waals surface area contributed by atoms with Crippen LogP contribution in [0.15, 0.2) is 36.4 Å². The molecule has 2 aromatic carbocycles. The van der Waals surface area contributed by atoms with Gasteiger partial charge in [0.25, 0.3) is 0 Å². The highest BCUT2D eigenvalue weighted by molar-refractivity contribution is 7.92. The number of rotatable bonds is 10. The zero-order valence-electron chi connectivity index (χ0n) is 20.1. The molecule has 0 spiro atoms. The zero-order chi connectivity index (χ0) is 28.1. The van der Waals surface area contributed by atoms with Crippen molar-refractivity contribution in [3.05, 3.63) is 62.6 Å². The van der Waals surface area contributed by atoms with Crippen molar-refractivity contribution in [1.82, 2.24) is 10.2 Å². The van der Waals surface area contributed by atoms with E-state index in [0.29, 0.717) is 22.0 Å². The molecule has 0 aliphatic heterocycles. The molecule has 2 aromatic rings. The van der Waals surface area contributed by atoms with E-state index in [1.807, 2.05) is 0 Å². The van der Waals surface area contributed by atoms with Crippen molar-refractivity contribution in [1.29, 1.82) is 0 Å². The van der Waals surface area contributed by atoms with Crippen molar-refractivity contribution >= 4 is 62.3 Å². The lowest BCUT2D eigenvalue weighted by Crippen LogP contribution is -2.52. The summed E-state index contributed by atoms with van der Waals surface area (Å²) in [6.45, 7) is 2.57. The molecule has 2 amide bonds. The Morgan fingerprint density at radius 1 is 1.00 bits per heavy atom. The molecule has 37 heavy (non-hydrogen) atoms. The maximum atomic E-state index is 13.5. The second kappa shape index (κ2) is 12.6. The third-order valence-electron chi connectivity index (χ3n) is 5.30. The second-order valence-electron chi connectivity index (χ2n) is 8.02. The molecule has 14 heteroatoms. The average molecular weight is 603 g/mol. The Kier molecular flexibility index (Phi) is 10.5. The standard InChI is InChI=1S/C23H25Cl3F3N3O4S/c1-4-19(22(34)30-5-2)31(12-14-6-8-16(24)18(26)10-14)21(33)13-32(37(3,35)36)20-11-15(23(27,28)29)7-9-17(20)25/h6-11,19H,4-5,12-13H2,1-3H3,(H,30,34)/t19-/m1/s1. The Bertz CT molecular complexity index is 1260. The van der Waals surface area contributed by atoms with Crippen LogP contribution >= 0.6 is 34.8 Å². The third-order valence-corrected chi connectivity index (χ3v) is 7.48. The molecule has 0 aliphatic carbocycles. The Morgan fingerprint density at radius 3 is 2.14 bits per heavy atom. The fourth-order valence-electron chi connectivity index (χ4n) is 3.52. The number of likely N-dealkylation sites (N-methyl/N-ethyl adjacent to an activating group) is 1. The van der Waals surface area contributed by atoms with Crippen molar-refractivity contribution in [2.24, 2.45) is 0 Å². The Hall–Kier alpha value is -2.21. The lowest BCUT2D eigenvalue weighted by atomic mass is 10.1. The highest BCUT2D eigenvalue weighted by atomic mass is 35.5. The fraction of sp³-hybridized carbons (Fsp3) is 0.391. The topological polar surface area (TPSA) is 86.8 Å². The summed E-state index contributed by atoms with van der Waals surface area (Å²) in [5, 5.41) is 2.79. The summed E-state index contributed by atoms with van der Waals surface area (Å²) < 4.78 is 65.7. The number of hydrogen-bond acceptors (Lipinski definition) is 4. The molecule has 1 atom stereocenters. The first-order valence-corrected chi connectivity index (χ1v) is 13.9. The number of nitrogens with one attached hydrogen (secondary N) is 1. The van der Waals surface area contributed by atoms with E-state index >= 15 is 0 Å². The van der Waals surface area contributed by atoms with Crippen molar-refractivity contribution in [3.8, 4) is 0 Å². The number of benzene rings is 2. The molecule has 1 N–H and O–H groups in total. The van der Waals surface area contributed by atoms with Crippen molar-refractivity contribution in [2.75, 3.05) is 23.7 Å². The van der Waals surface area contributed by atoms with E-state index in [1.54, 1.807) is 19.9 Å². The monoisotopic (exact) mass is 601 g/mol. The molecular weight excluding hydrogens is 578 g/mol. The van der Waals surface area contributed by atoms with Gasteiger partial charge in [-0.1, -0.05) is 47.8 Å². The van der Waals surface area contributed by atoms with Crippen LogP contribution in [0.25, 0.3) is 0 Å². The van der Waals surface area contributed by atoms with Crippen LogP contribution in [0.1, 0.15) is 31.4 Å². The molecule has 0 aliphatic rings. The normalized spacial score (nSPS) is 12.7. The lowest BCUT2D eigenvalue weighted by molar-refractivity contribution is -0.140. The first-order valence-electron chi connectivity index (χ1n) is 11.0. The number of alkyl halides is 3. The highest BCUT2D eigenvalue weighted by Crippen LogP contribution is 2.36. The zero-order valence-corrected chi connectivity index (χ0v) is 23.2. The number of hydrogen-bond donors (Lipinski definition) is 1. The van der Waals surface area contributed by atoms with Crippen LogP contribution in [-0.4, -0.2) is 50.5 Å². The van der Waals surface area contributed by atoms with Gasteiger partial charge in [0.2, 0.25) is 21.8 Å². The van der Waals surface area contributed by atoms with E-state index in [0.717, 1.165) is 17.2 Å². The molecule has 7 nitrogen and oxygen atoms in total. The second-order valence-corrected chi connectivity index (χ2v) is 11.2. The van der Waals surface area contributed by atoms with E-state index < -0.39 is 51.9 Å². The van der Waals surface area contributed by atoms with Gasteiger partial charge >= 0.3 is 6.18 Å². The predicted molar refractivity (Wildman–Crippen MR) is 138 cm³/mol. The van der Waals surface area contributed by atoms with Gasteiger partial charge in [-0.05, 0) is 49.2 Å². The molecule has 204 valence electrons. The van der Waals surface area contributed by atoms with E-state index in [4.69, 9.17) is 34.8 Å². The summed E-state index contributed by atoms with van der Waals surface area (Å²) in [5.41, 5.74) is -1.17. The van der Waals surface area contributed by atoms with Crippen LogP contribution in [0.5, 0.6) is 0 Å². The molecule has 0 heterocycles. The van der Waals surface area contributed by atoms with E-state index in [-0.39, 0.29) is 34.6 Å². The maximum Gasteiger partial charge on any atom is 0.416 e. The average Bonchev–Trinajstić information content (AvgIpc) is 2.78. The number of anilines is 1. The van der Waals surface area contributed by atoms with Gasteiger partial charge in [-0.3, -0.25) is 13.9 Å². The minimum Gasteiger partial charge on any atom is -0.355 e. The summed E-state index contributed by atoms with van der Waals surface area (Å²) in [5.74, 6) is -1.33. The Labute approximate surface area is 228 Å². The van der Waals surface area contributed by atoms with Crippen LogP contribution in [0.2, 0.25) is 15.1 Å². The SMILES string of the molecule is CCNC(=O)[C@@H](CC)N(Cc1ccc(Cl)c(Cl)c1)C(=O)CN(c1cc(C(F)(F)F)ccc1Cl)S(C)(=O)=O. The summed E-state index contributed by atoms with van der Waals surface area (Å²) in [4.78, 5) is 27.5. The molecule has 2 rings (SSSR count). The molecule has 0 unspecified atom stereocenters. The van der Waals surface area contributed by atoms with Crippen LogP contribution in [0, 0.1) is 0 Å². The molecule has 0 saturated heterocycles. The summed E-state index contributed by atoms with van der Waals surface area (Å²) in [6, 6.07) is 5.72. The minimum absolute atomic E-state index is 0.153. The van der Waals surface area contributed by atoms with Gasteiger partial charge in [-0.2, -0.15) is 13.2 Å². The van der Waals surface area contributed by atoms with Gasteiger partial charge < -0.3 is 10.2 Å². The van der Waals surface area contributed by atoms with Gasteiger partial charge in [0.05, 0.1) is 32.6 Å². The smallest absolute Gasteiger partial charge is 0.355 e. The molecule has 0 fully saturated rings. The first kappa shape index (κ1) is 31.0. The number of halogens is 6. The Balaban J connectivity index is 2.56.